The maximum Gasteiger partial charge on any atom is 0.183 e. The van der Waals surface area contributed by atoms with Crippen molar-refractivity contribution < 1.29 is 9.53 Å². The van der Waals surface area contributed by atoms with Crippen molar-refractivity contribution in [3.8, 4) is 0 Å². The zero-order valence-electron chi connectivity index (χ0n) is 16.9. The van der Waals surface area contributed by atoms with Crippen LogP contribution in [0.15, 0.2) is 48.5 Å². The smallest absolute Gasteiger partial charge is 0.183 e. The van der Waals surface area contributed by atoms with Crippen LogP contribution in [0.25, 0.3) is 0 Å². The number of anilines is 1. The summed E-state index contributed by atoms with van der Waals surface area (Å²) in [4.78, 5) is 17.7. The van der Waals surface area contributed by atoms with Crippen molar-refractivity contribution in [1.82, 2.24) is 4.90 Å². The summed E-state index contributed by atoms with van der Waals surface area (Å²) in [5.41, 5.74) is 3.73. The Bertz CT molecular complexity index is 762. The number of ether oxygens (including phenoxy) is 1. The highest BCUT2D eigenvalue weighted by atomic mass is 16.5. The second-order valence-corrected chi connectivity index (χ2v) is 7.81. The minimum atomic E-state index is -0.588. The molecule has 1 fully saturated rings. The van der Waals surface area contributed by atoms with Crippen molar-refractivity contribution in [2.45, 2.75) is 25.8 Å². The summed E-state index contributed by atoms with van der Waals surface area (Å²) in [7, 11) is 3.96. The van der Waals surface area contributed by atoms with Gasteiger partial charge >= 0.3 is 0 Å². The van der Waals surface area contributed by atoms with E-state index < -0.39 is 5.54 Å². The highest BCUT2D eigenvalue weighted by Crippen LogP contribution is 2.26. The molecule has 0 amide bonds. The van der Waals surface area contributed by atoms with Crippen molar-refractivity contribution in [3.05, 3.63) is 65.2 Å². The van der Waals surface area contributed by atoms with E-state index in [9.17, 15) is 4.79 Å². The highest BCUT2D eigenvalue weighted by molar-refractivity contribution is 6.03. The Hall–Kier alpha value is -2.17. The number of benzene rings is 2. The van der Waals surface area contributed by atoms with Crippen molar-refractivity contribution in [1.29, 1.82) is 0 Å². The molecule has 27 heavy (non-hydrogen) atoms. The van der Waals surface area contributed by atoms with Crippen molar-refractivity contribution in [2.24, 2.45) is 0 Å². The second-order valence-electron chi connectivity index (χ2n) is 7.81. The van der Waals surface area contributed by atoms with Crippen molar-refractivity contribution in [3.63, 3.8) is 0 Å². The SMILES string of the molecule is Cc1ccc(CC(C)(C(=O)c2ccc(N3CCOCC3)cc2)N(C)C)cc1. The number of hydrogen-bond donors (Lipinski definition) is 0. The molecule has 0 bridgehead atoms. The molecular formula is C23H30N2O2. The molecule has 1 aliphatic heterocycles. The van der Waals surface area contributed by atoms with E-state index in [2.05, 4.69) is 48.2 Å². The van der Waals surface area contributed by atoms with E-state index in [0.717, 1.165) is 37.6 Å². The Kier molecular flexibility index (Phi) is 5.98. The molecule has 2 aromatic rings. The molecule has 0 spiro atoms. The largest absolute Gasteiger partial charge is 0.378 e. The lowest BCUT2D eigenvalue weighted by molar-refractivity contribution is 0.0719. The number of aryl methyl sites for hydroxylation is 1. The molecule has 0 radical (unpaired) electrons. The summed E-state index contributed by atoms with van der Waals surface area (Å²) in [6.07, 6.45) is 0.685. The maximum atomic E-state index is 13.4. The van der Waals surface area contributed by atoms with E-state index >= 15 is 0 Å². The number of morpholine rings is 1. The number of ketones is 1. The van der Waals surface area contributed by atoms with Gasteiger partial charge in [-0.2, -0.15) is 0 Å². The predicted molar refractivity (Wildman–Crippen MR) is 111 cm³/mol. The Morgan fingerprint density at radius 1 is 1.04 bits per heavy atom. The van der Waals surface area contributed by atoms with Gasteiger partial charge in [-0.25, -0.2) is 0 Å². The molecule has 0 aromatic heterocycles. The van der Waals surface area contributed by atoms with E-state index in [1.54, 1.807) is 0 Å². The topological polar surface area (TPSA) is 32.8 Å². The Morgan fingerprint density at radius 3 is 2.19 bits per heavy atom. The standard InChI is InChI=1S/C23H30N2O2/c1-18-5-7-19(8-6-18)17-23(2,24(3)4)22(26)20-9-11-21(12-10-20)25-13-15-27-16-14-25/h5-12H,13-17H2,1-4H3. The molecule has 4 heteroatoms. The van der Waals surface area contributed by atoms with Crippen molar-refractivity contribution in [2.75, 3.05) is 45.3 Å². The lowest BCUT2D eigenvalue weighted by atomic mass is 9.84. The van der Waals surface area contributed by atoms with Gasteiger partial charge in [0.1, 0.15) is 0 Å². The molecule has 2 aromatic carbocycles. The van der Waals surface area contributed by atoms with Gasteiger partial charge in [0.25, 0.3) is 0 Å². The molecule has 1 heterocycles. The average Bonchev–Trinajstić information content (AvgIpc) is 2.70. The number of Topliss-reactive ketones (excluding diaryl/α,β-unsaturated/α-hetero) is 1. The fraction of sp³-hybridized carbons (Fsp3) is 0.435. The van der Waals surface area contributed by atoms with Gasteiger partial charge in [-0.3, -0.25) is 9.69 Å². The fourth-order valence-electron chi connectivity index (χ4n) is 3.50. The van der Waals surface area contributed by atoms with Crippen LogP contribution in [-0.2, 0) is 11.2 Å². The molecule has 1 aliphatic rings. The van der Waals surface area contributed by atoms with Gasteiger partial charge < -0.3 is 9.64 Å². The summed E-state index contributed by atoms with van der Waals surface area (Å²) >= 11 is 0. The first-order chi connectivity index (χ1) is 12.9. The molecule has 4 nitrogen and oxygen atoms in total. The molecule has 1 saturated heterocycles. The number of carbonyl (C=O) groups excluding carboxylic acids is 1. The first-order valence-corrected chi connectivity index (χ1v) is 9.61. The number of hydrogen-bond acceptors (Lipinski definition) is 4. The molecule has 0 saturated carbocycles. The number of rotatable bonds is 6. The van der Waals surface area contributed by atoms with Gasteiger partial charge in [0, 0.05) is 24.3 Å². The molecule has 3 rings (SSSR count). The van der Waals surface area contributed by atoms with Crippen LogP contribution < -0.4 is 4.90 Å². The lowest BCUT2D eigenvalue weighted by Gasteiger charge is -2.35. The van der Waals surface area contributed by atoms with Crippen LogP contribution >= 0.6 is 0 Å². The van der Waals surface area contributed by atoms with E-state index in [-0.39, 0.29) is 5.78 Å². The van der Waals surface area contributed by atoms with Gasteiger partial charge in [-0.1, -0.05) is 29.8 Å². The molecular weight excluding hydrogens is 336 g/mol. The molecule has 0 aliphatic carbocycles. The van der Waals surface area contributed by atoms with Gasteiger partial charge in [0.05, 0.1) is 18.8 Å². The molecule has 0 N–H and O–H groups in total. The maximum absolute atomic E-state index is 13.4. The van der Waals surface area contributed by atoms with Gasteiger partial charge in [-0.15, -0.1) is 0 Å². The zero-order valence-corrected chi connectivity index (χ0v) is 16.9. The third-order valence-electron chi connectivity index (χ3n) is 5.65. The van der Waals surface area contributed by atoms with Gasteiger partial charge in [0.15, 0.2) is 5.78 Å². The summed E-state index contributed by atoms with van der Waals surface area (Å²) in [5.74, 6) is 0.154. The van der Waals surface area contributed by atoms with Gasteiger partial charge in [-0.05, 0) is 64.2 Å². The van der Waals surface area contributed by atoms with Crippen LogP contribution in [0.4, 0.5) is 5.69 Å². The second kappa shape index (κ2) is 8.24. The Balaban J connectivity index is 1.80. The molecule has 1 atom stereocenters. The first kappa shape index (κ1) is 19.6. The number of nitrogens with zero attached hydrogens (tertiary/aromatic N) is 2. The quantitative estimate of drug-likeness (QED) is 0.732. The van der Waals surface area contributed by atoms with Gasteiger partial charge in [0.2, 0.25) is 0 Å². The highest BCUT2D eigenvalue weighted by Gasteiger charge is 2.36. The summed E-state index contributed by atoms with van der Waals surface area (Å²) in [6.45, 7) is 7.43. The van der Waals surface area contributed by atoms with E-state index in [1.807, 2.05) is 38.1 Å². The monoisotopic (exact) mass is 366 g/mol. The van der Waals surface area contributed by atoms with E-state index in [0.29, 0.717) is 6.42 Å². The third-order valence-corrected chi connectivity index (χ3v) is 5.65. The van der Waals surface area contributed by atoms with Crippen LogP contribution in [0.2, 0.25) is 0 Å². The summed E-state index contributed by atoms with van der Waals surface area (Å²) < 4.78 is 5.42. The van der Waals surface area contributed by atoms with Crippen molar-refractivity contribution >= 4 is 11.5 Å². The van der Waals surface area contributed by atoms with Crippen LogP contribution in [0.1, 0.15) is 28.4 Å². The third kappa shape index (κ3) is 4.40. The van der Waals surface area contributed by atoms with E-state index in [4.69, 9.17) is 4.74 Å². The normalized spacial score (nSPS) is 17.0. The number of carbonyl (C=O) groups is 1. The number of likely N-dealkylation sites (N-methyl/N-ethyl adjacent to an activating group) is 1. The first-order valence-electron chi connectivity index (χ1n) is 9.61. The van der Waals surface area contributed by atoms with Crippen LogP contribution in [0.5, 0.6) is 0 Å². The molecule has 1 unspecified atom stereocenters. The fourth-order valence-corrected chi connectivity index (χ4v) is 3.50. The van der Waals surface area contributed by atoms with E-state index in [1.165, 1.54) is 11.1 Å². The zero-order chi connectivity index (χ0) is 19.4. The molecule has 144 valence electrons. The average molecular weight is 367 g/mol. The predicted octanol–water partition coefficient (Wildman–Crippen LogP) is 3.58. The Labute approximate surface area is 162 Å². The van der Waals surface area contributed by atoms with Crippen LogP contribution in [0, 0.1) is 6.92 Å². The lowest BCUT2D eigenvalue weighted by Crippen LogP contribution is -2.50. The summed E-state index contributed by atoms with van der Waals surface area (Å²) in [5, 5.41) is 0. The summed E-state index contributed by atoms with van der Waals surface area (Å²) in [6, 6.07) is 16.5. The minimum Gasteiger partial charge on any atom is -0.378 e. The van der Waals surface area contributed by atoms with Crippen LogP contribution in [-0.4, -0.2) is 56.6 Å². The minimum absolute atomic E-state index is 0.154. The van der Waals surface area contributed by atoms with Crippen LogP contribution in [0.3, 0.4) is 0 Å². The Morgan fingerprint density at radius 2 is 1.63 bits per heavy atom.